The molecular weight excluding hydrogens is 278 g/mol. The third-order valence-corrected chi connectivity index (χ3v) is 4.99. The zero-order valence-electron chi connectivity index (χ0n) is 10.6. The summed E-state index contributed by atoms with van der Waals surface area (Å²) in [6.45, 7) is 1.99. The van der Waals surface area contributed by atoms with Gasteiger partial charge in [-0.1, -0.05) is 17.8 Å². The van der Waals surface area contributed by atoms with Gasteiger partial charge < -0.3 is 10.6 Å². The molecule has 1 aliphatic rings. The highest BCUT2D eigenvalue weighted by molar-refractivity contribution is 8.01. The lowest BCUT2D eigenvalue weighted by Gasteiger charge is -2.06. The van der Waals surface area contributed by atoms with Crippen LogP contribution in [0.1, 0.15) is 17.3 Å². The first-order valence-corrected chi connectivity index (χ1v) is 7.59. The number of fused-ring (bicyclic) bond motifs is 1. The van der Waals surface area contributed by atoms with Gasteiger partial charge >= 0.3 is 0 Å². The van der Waals surface area contributed by atoms with Crippen molar-refractivity contribution in [1.29, 1.82) is 0 Å². The van der Waals surface area contributed by atoms with Crippen LogP contribution in [0.15, 0.2) is 32.8 Å². The van der Waals surface area contributed by atoms with E-state index in [0.717, 1.165) is 26.2 Å². The predicted octanol–water partition coefficient (Wildman–Crippen LogP) is 2.82. The van der Waals surface area contributed by atoms with Crippen LogP contribution in [0.5, 0.6) is 0 Å². The third-order valence-electron chi connectivity index (χ3n) is 2.95. The first kappa shape index (κ1) is 12.7. The van der Waals surface area contributed by atoms with Crippen LogP contribution in [-0.2, 0) is 4.79 Å². The van der Waals surface area contributed by atoms with Gasteiger partial charge in [0.15, 0.2) is 4.34 Å². The summed E-state index contributed by atoms with van der Waals surface area (Å²) in [5, 5.41) is 7.95. The minimum absolute atomic E-state index is 0.00439. The molecule has 3 rings (SSSR count). The van der Waals surface area contributed by atoms with E-state index in [2.05, 4.69) is 15.6 Å². The van der Waals surface area contributed by atoms with Crippen molar-refractivity contribution in [2.24, 2.45) is 0 Å². The van der Waals surface area contributed by atoms with Gasteiger partial charge in [-0.05, 0) is 26.1 Å². The van der Waals surface area contributed by atoms with Crippen molar-refractivity contribution >= 4 is 34.7 Å². The Balaban J connectivity index is 1.87. The molecule has 1 atom stereocenters. The number of nitrogens with zero attached hydrogens (tertiary/aromatic N) is 1. The van der Waals surface area contributed by atoms with E-state index in [0.29, 0.717) is 0 Å². The van der Waals surface area contributed by atoms with Crippen molar-refractivity contribution in [3.63, 3.8) is 0 Å². The Morgan fingerprint density at radius 3 is 3.00 bits per heavy atom. The van der Waals surface area contributed by atoms with Crippen molar-refractivity contribution in [2.45, 2.75) is 22.2 Å². The minimum atomic E-state index is -0.240. The smallest absolute Gasteiger partial charge is 0.246 e. The zero-order chi connectivity index (χ0) is 13.4. The maximum absolute atomic E-state index is 11.7. The fourth-order valence-corrected chi connectivity index (χ4v) is 3.92. The molecule has 0 aliphatic carbocycles. The number of hydrogen-bond donors (Lipinski definition) is 2. The van der Waals surface area contributed by atoms with Crippen LogP contribution in [0, 0.1) is 6.92 Å². The van der Waals surface area contributed by atoms with Crippen LogP contribution in [0.2, 0.25) is 0 Å². The maximum atomic E-state index is 11.7. The average molecular weight is 291 g/mol. The van der Waals surface area contributed by atoms with Crippen molar-refractivity contribution in [3.05, 3.63) is 34.8 Å². The monoisotopic (exact) mass is 291 g/mol. The molecule has 0 radical (unpaired) electrons. The Hall–Kier alpha value is -1.37. The summed E-state index contributed by atoms with van der Waals surface area (Å²) in [5.74, 6) is 0.00439. The van der Waals surface area contributed by atoms with Gasteiger partial charge in [-0.15, -0.1) is 11.3 Å². The second-order valence-corrected chi connectivity index (χ2v) is 6.50. The molecule has 1 unspecified atom stereocenters. The maximum Gasteiger partial charge on any atom is 0.246 e. The summed E-state index contributed by atoms with van der Waals surface area (Å²) >= 11 is 3.26. The van der Waals surface area contributed by atoms with E-state index in [1.807, 2.05) is 30.5 Å². The van der Waals surface area contributed by atoms with Gasteiger partial charge in [0.2, 0.25) is 5.91 Å². The van der Waals surface area contributed by atoms with Crippen LogP contribution in [0.3, 0.4) is 0 Å². The highest BCUT2D eigenvalue weighted by Crippen LogP contribution is 2.37. The quantitative estimate of drug-likeness (QED) is 0.913. The van der Waals surface area contributed by atoms with Crippen molar-refractivity contribution in [3.8, 4) is 0 Å². The van der Waals surface area contributed by atoms with E-state index >= 15 is 0 Å². The number of amides is 1. The number of benzene rings is 1. The molecule has 1 aliphatic heterocycles. The highest BCUT2D eigenvalue weighted by atomic mass is 32.2. The van der Waals surface area contributed by atoms with Crippen LogP contribution in [0.4, 0.5) is 5.69 Å². The first-order valence-electron chi connectivity index (χ1n) is 5.89. The molecule has 2 N–H and O–H groups in total. The minimum Gasteiger partial charge on any atom is -0.324 e. The molecule has 0 saturated carbocycles. The Labute approximate surface area is 119 Å². The van der Waals surface area contributed by atoms with Gasteiger partial charge in [-0.25, -0.2) is 4.98 Å². The van der Waals surface area contributed by atoms with Gasteiger partial charge in [-0.2, -0.15) is 0 Å². The lowest BCUT2D eigenvalue weighted by Crippen LogP contribution is -2.23. The first-order chi connectivity index (χ1) is 9.17. The second-order valence-electron chi connectivity index (χ2n) is 4.32. The molecule has 0 fully saturated rings. The third kappa shape index (κ3) is 2.39. The zero-order valence-corrected chi connectivity index (χ0v) is 12.2. The van der Waals surface area contributed by atoms with Crippen LogP contribution in [0.25, 0.3) is 0 Å². The Morgan fingerprint density at radius 2 is 2.32 bits per heavy atom. The number of rotatable bonds is 3. The number of anilines is 1. The molecule has 0 bridgehead atoms. The van der Waals surface area contributed by atoms with Crippen LogP contribution < -0.4 is 10.6 Å². The number of thiazole rings is 1. The van der Waals surface area contributed by atoms with Crippen molar-refractivity contribution < 1.29 is 4.79 Å². The normalized spacial score (nSPS) is 17.4. The second kappa shape index (κ2) is 4.96. The van der Waals surface area contributed by atoms with Crippen molar-refractivity contribution in [2.75, 3.05) is 12.4 Å². The van der Waals surface area contributed by atoms with Crippen LogP contribution in [-0.4, -0.2) is 17.9 Å². The van der Waals surface area contributed by atoms with E-state index in [4.69, 9.17) is 0 Å². The SMILES string of the molecule is CNC1C(=O)Nc2cc(Sc3nc(C)cs3)ccc21. The van der Waals surface area contributed by atoms with E-state index in [1.165, 1.54) is 0 Å². The average Bonchev–Trinajstić information content (AvgIpc) is 2.91. The summed E-state index contributed by atoms with van der Waals surface area (Å²) in [4.78, 5) is 17.3. The van der Waals surface area contributed by atoms with E-state index < -0.39 is 0 Å². The summed E-state index contributed by atoms with van der Waals surface area (Å²) in [6, 6.07) is 5.80. The summed E-state index contributed by atoms with van der Waals surface area (Å²) in [6.07, 6.45) is 0. The van der Waals surface area contributed by atoms with E-state index in [1.54, 1.807) is 30.1 Å². The topological polar surface area (TPSA) is 54.0 Å². The molecule has 19 heavy (non-hydrogen) atoms. The van der Waals surface area contributed by atoms with Gasteiger partial charge in [0, 0.05) is 27.2 Å². The van der Waals surface area contributed by atoms with Gasteiger partial charge in [0.1, 0.15) is 6.04 Å². The standard InChI is InChI=1S/C13H13N3OS2/c1-7-6-18-13(15-7)19-8-3-4-9-10(5-8)16-12(17)11(9)14-2/h3-6,11,14H,1-2H3,(H,16,17). The molecule has 2 aromatic rings. The number of aromatic nitrogens is 1. The predicted molar refractivity (Wildman–Crippen MR) is 77.8 cm³/mol. The number of likely N-dealkylation sites (N-methyl/N-ethyl adjacent to an activating group) is 1. The molecule has 98 valence electrons. The lowest BCUT2D eigenvalue weighted by atomic mass is 10.1. The molecule has 1 aromatic carbocycles. The van der Waals surface area contributed by atoms with Crippen LogP contribution >= 0.6 is 23.1 Å². The van der Waals surface area contributed by atoms with Gasteiger partial charge in [0.05, 0.1) is 0 Å². The number of aryl methyl sites for hydroxylation is 1. The largest absolute Gasteiger partial charge is 0.324 e. The summed E-state index contributed by atoms with van der Waals surface area (Å²) in [5.41, 5.74) is 2.94. The molecule has 2 heterocycles. The Kier molecular flexibility index (Phi) is 3.30. The molecule has 4 nitrogen and oxygen atoms in total. The highest BCUT2D eigenvalue weighted by Gasteiger charge is 2.29. The number of carbonyl (C=O) groups is 1. The molecule has 1 aromatic heterocycles. The van der Waals surface area contributed by atoms with Crippen molar-refractivity contribution in [1.82, 2.24) is 10.3 Å². The van der Waals surface area contributed by atoms with Gasteiger partial charge in [-0.3, -0.25) is 4.79 Å². The molecule has 0 spiro atoms. The molecule has 1 amide bonds. The fraction of sp³-hybridized carbons (Fsp3) is 0.231. The lowest BCUT2D eigenvalue weighted by molar-refractivity contribution is -0.117. The van der Waals surface area contributed by atoms with E-state index in [-0.39, 0.29) is 11.9 Å². The molecular formula is C13H13N3OS2. The number of nitrogens with one attached hydrogen (secondary N) is 2. The molecule has 0 saturated heterocycles. The van der Waals surface area contributed by atoms with E-state index in [9.17, 15) is 4.79 Å². The molecule has 6 heteroatoms. The summed E-state index contributed by atoms with van der Waals surface area (Å²) in [7, 11) is 1.79. The Bertz CT molecular complexity index is 639. The number of carbonyl (C=O) groups excluding carboxylic acids is 1. The fourth-order valence-electron chi connectivity index (χ4n) is 2.07. The number of hydrogen-bond acceptors (Lipinski definition) is 5. The summed E-state index contributed by atoms with van der Waals surface area (Å²) < 4.78 is 1.02. The van der Waals surface area contributed by atoms with Gasteiger partial charge in [0.25, 0.3) is 0 Å². The Morgan fingerprint density at radius 1 is 1.47 bits per heavy atom.